The van der Waals surface area contributed by atoms with Gasteiger partial charge >= 0.3 is 6.18 Å². The number of pyridine rings is 1. The first-order chi connectivity index (χ1) is 14.1. The topological polar surface area (TPSA) is 50.3 Å². The molecule has 1 aliphatic carbocycles. The average molecular weight is 414 g/mol. The number of Topliss-reactive ketones (excluding diaryl/α,β-unsaturated/α-hetero) is 1. The predicted molar refractivity (Wildman–Crippen MR) is 106 cm³/mol. The molecule has 0 spiro atoms. The largest absolute Gasteiger partial charge is 0.416 e. The summed E-state index contributed by atoms with van der Waals surface area (Å²) < 4.78 is 38.8. The van der Waals surface area contributed by atoms with Gasteiger partial charge < -0.3 is 0 Å². The molecule has 7 heteroatoms. The van der Waals surface area contributed by atoms with E-state index in [1.165, 1.54) is 12.1 Å². The number of carbonyl (C=O) groups excluding carboxylic acids is 2. The van der Waals surface area contributed by atoms with Crippen LogP contribution in [0.2, 0.25) is 0 Å². The second kappa shape index (κ2) is 7.07. The van der Waals surface area contributed by atoms with Crippen molar-refractivity contribution >= 4 is 17.4 Å². The Hall–Kier alpha value is -2.96. The van der Waals surface area contributed by atoms with Crippen LogP contribution >= 0.6 is 0 Å². The van der Waals surface area contributed by atoms with Crippen LogP contribution in [0, 0.1) is 5.41 Å². The van der Waals surface area contributed by atoms with Gasteiger partial charge in [0.25, 0.3) is 0 Å². The number of halogens is 3. The zero-order chi connectivity index (χ0) is 21.7. The van der Waals surface area contributed by atoms with E-state index in [-0.39, 0.29) is 23.5 Å². The van der Waals surface area contributed by atoms with Gasteiger partial charge in [0.15, 0.2) is 5.78 Å². The van der Waals surface area contributed by atoms with Crippen LogP contribution < -0.4 is 4.90 Å². The molecule has 30 heavy (non-hydrogen) atoms. The van der Waals surface area contributed by atoms with E-state index in [1.807, 2.05) is 13.8 Å². The Morgan fingerprint density at radius 3 is 2.37 bits per heavy atom. The van der Waals surface area contributed by atoms with Crippen molar-refractivity contribution in [3.05, 3.63) is 71.2 Å². The van der Waals surface area contributed by atoms with Crippen molar-refractivity contribution in [2.45, 2.75) is 45.2 Å². The summed E-state index contributed by atoms with van der Waals surface area (Å²) in [6, 6.07) is 8.24. The van der Waals surface area contributed by atoms with Crippen LogP contribution in [-0.2, 0) is 15.8 Å². The van der Waals surface area contributed by atoms with E-state index >= 15 is 0 Å². The Bertz CT molecular complexity index is 1020. The third kappa shape index (κ3) is 3.64. The molecule has 0 saturated carbocycles. The normalized spacial score (nSPS) is 21.6. The van der Waals surface area contributed by atoms with Crippen LogP contribution in [-0.4, -0.2) is 16.7 Å². The maximum Gasteiger partial charge on any atom is 0.416 e. The van der Waals surface area contributed by atoms with Gasteiger partial charge in [-0.15, -0.1) is 0 Å². The van der Waals surface area contributed by atoms with E-state index in [0.29, 0.717) is 35.4 Å². The van der Waals surface area contributed by atoms with Gasteiger partial charge in [0.05, 0.1) is 17.4 Å². The Morgan fingerprint density at radius 2 is 1.77 bits per heavy atom. The highest BCUT2D eigenvalue weighted by atomic mass is 19.4. The predicted octanol–water partition coefficient (Wildman–Crippen LogP) is 5.26. The lowest BCUT2D eigenvalue weighted by Crippen LogP contribution is -2.43. The van der Waals surface area contributed by atoms with Gasteiger partial charge in [0.1, 0.15) is 0 Å². The lowest BCUT2D eigenvalue weighted by atomic mass is 9.69. The standard InChI is InChI=1S/C23H21F3N2O2/c1-22(2)11-18-21(19(29)12-22)17(14-5-7-15(8-6-14)23(24,25)26)10-20(30)28(18)16-4-3-9-27-13-16/h3-9,13,17H,10-12H2,1-2H3. The molecule has 0 radical (unpaired) electrons. The molecule has 4 nitrogen and oxygen atoms in total. The van der Waals surface area contributed by atoms with Crippen LogP contribution in [0.5, 0.6) is 0 Å². The molecule has 2 heterocycles. The van der Waals surface area contributed by atoms with Crippen LogP contribution in [0.25, 0.3) is 0 Å². The molecule has 2 aliphatic rings. The Morgan fingerprint density at radius 1 is 1.07 bits per heavy atom. The lowest BCUT2D eigenvalue weighted by molar-refractivity contribution is -0.137. The van der Waals surface area contributed by atoms with Crippen molar-refractivity contribution in [1.29, 1.82) is 0 Å². The molecule has 1 unspecified atom stereocenters. The van der Waals surface area contributed by atoms with Gasteiger partial charge in [0.2, 0.25) is 5.91 Å². The summed E-state index contributed by atoms with van der Waals surface area (Å²) in [6.07, 6.45) is -0.385. The number of hydrogen-bond donors (Lipinski definition) is 0. The van der Waals surface area contributed by atoms with E-state index in [2.05, 4.69) is 4.98 Å². The van der Waals surface area contributed by atoms with Crippen molar-refractivity contribution in [3.8, 4) is 0 Å². The number of amides is 1. The molecule has 0 bridgehead atoms. The maximum atomic E-state index is 13.1. The number of benzene rings is 1. The first-order valence-corrected chi connectivity index (χ1v) is 9.73. The SMILES string of the molecule is CC1(C)CC(=O)C2=C(C1)N(c1cccnc1)C(=O)CC2c1ccc(C(F)(F)F)cc1. The summed E-state index contributed by atoms with van der Waals surface area (Å²) in [4.78, 5) is 31.9. The highest BCUT2D eigenvalue weighted by Gasteiger charge is 2.44. The number of allylic oxidation sites excluding steroid dienone is 2. The quantitative estimate of drug-likeness (QED) is 0.673. The number of aromatic nitrogens is 1. The van der Waals surface area contributed by atoms with Crippen molar-refractivity contribution in [2.24, 2.45) is 5.41 Å². The smallest absolute Gasteiger partial charge is 0.294 e. The van der Waals surface area contributed by atoms with Crippen molar-refractivity contribution in [1.82, 2.24) is 4.98 Å². The fourth-order valence-electron chi connectivity index (χ4n) is 4.39. The number of ketones is 1. The van der Waals surface area contributed by atoms with E-state index in [1.54, 1.807) is 29.4 Å². The third-order valence-electron chi connectivity index (χ3n) is 5.69. The number of rotatable bonds is 2. The molecule has 0 saturated heterocycles. The van der Waals surface area contributed by atoms with Crippen LogP contribution in [0.1, 0.15) is 50.2 Å². The van der Waals surface area contributed by atoms with Gasteiger partial charge in [-0.25, -0.2) is 0 Å². The Labute approximate surface area is 172 Å². The van der Waals surface area contributed by atoms with Crippen molar-refractivity contribution in [2.75, 3.05) is 4.90 Å². The van der Waals surface area contributed by atoms with Crippen LogP contribution in [0.4, 0.5) is 18.9 Å². The summed E-state index contributed by atoms with van der Waals surface area (Å²) in [5, 5.41) is 0. The number of alkyl halides is 3. The maximum absolute atomic E-state index is 13.1. The van der Waals surface area contributed by atoms with Gasteiger partial charge in [-0.1, -0.05) is 26.0 Å². The fraction of sp³-hybridized carbons (Fsp3) is 0.348. The minimum atomic E-state index is -4.44. The highest BCUT2D eigenvalue weighted by molar-refractivity contribution is 6.07. The summed E-state index contributed by atoms with van der Waals surface area (Å²) in [5.74, 6) is -0.809. The molecule has 1 aromatic carbocycles. The molecule has 4 rings (SSSR count). The monoisotopic (exact) mass is 414 g/mol. The van der Waals surface area contributed by atoms with Crippen LogP contribution in [0.3, 0.4) is 0 Å². The number of hydrogen-bond acceptors (Lipinski definition) is 3. The first-order valence-electron chi connectivity index (χ1n) is 9.73. The van der Waals surface area contributed by atoms with Gasteiger partial charge in [0, 0.05) is 36.2 Å². The fourth-order valence-corrected chi connectivity index (χ4v) is 4.39. The number of carbonyl (C=O) groups is 2. The van der Waals surface area contributed by atoms with Crippen LogP contribution in [0.15, 0.2) is 60.1 Å². The molecular formula is C23H21F3N2O2. The minimum Gasteiger partial charge on any atom is -0.294 e. The van der Waals surface area contributed by atoms with Crippen molar-refractivity contribution in [3.63, 3.8) is 0 Å². The number of nitrogens with zero attached hydrogens (tertiary/aromatic N) is 2. The average Bonchev–Trinajstić information content (AvgIpc) is 2.66. The molecule has 1 aliphatic heterocycles. The van der Waals surface area contributed by atoms with Crippen molar-refractivity contribution < 1.29 is 22.8 Å². The van der Waals surface area contributed by atoms with E-state index in [9.17, 15) is 22.8 Å². The van der Waals surface area contributed by atoms with E-state index < -0.39 is 17.7 Å². The zero-order valence-corrected chi connectivity index (χ0v) is 16.7. The van der Waals surface area contributed by atoms with E-state index in [0.717, 1.165) is 12.1 Å². The molecule has 0 fully saturated rings. The first kappa shape index (κ1) is 20.3. The second-order valence-corrected chi connectivity index (χ2v) is 8.62. The Balaban J connectivity index is 1.84. The zero-order valence-electron chi connectivity index (χ0n) is 16.7. The van der Waals surface area contributed by atoms with Gasteiger partial charge in [-0.3, -0.25) is 19.5 Å². The summed E-state index contributed by atoms with van der Waals surface area (Å²) >= 11 is 0. The third-order valence-corrected chi connectivity index (χ3v) is 5.69. The Kier molecular flexibility index (Phi) is 4.79. The minimum absolute atomic E-state index is 0.0191. The second-order valence-electron chi connectivity index (χ2n) is 8.62. The molecular weight excluding hydrogens is 393 g/mol. The molecule has 0 N–H and O–H groups in total. The summed E-state index contributed by atoms with van der Waals surface area (Å²) in [7, 11) is 0. The molecule has 1 amide bonds. The number of anilines is 1. The van der Waals surface area contributed by atoms with Gasteiger partial charge in [-0.2, -0.15) is 13.2 Å². The molecule has 1 aromatic heterocycles. The van der Waals surface area contributed by atoms with Gasteiger partial charge in [-0.05, 0) is 41.7 Å². The lowest BCUT2D eigenvalue weighted by Gasteiger charge is -2.42. The van der Waals surface area contributed by atoms with E-state index in [4.69, 9.17) is 0 Å². The summed E-state index contributed by atoms with van der Waals surface area (Å²) in [6.45, 7) is 3.95. The molecule has 156 valence electrons. The highest BCUT2D eigenvalue weighted by Crippen LogP contribution is 2.48. The summed E-state index contributed by atoms with van der Waals surface area (Å²) in [5.41, 5.74) is 1.21. The molecule has 1 atom stereocenters. The molecule has 2 aromatic rings.